The van der Waals surface area contributed by atoms with Crippen LogP contribution in [0.25, 0.3) is 0 Å². The second kappa shape index (κ2) is 11.4. The molecule has 0 nitrogen and oxygen atoms in total. The summed E-state index contributed by atoms with van der Waals surface area (Å²) in [5.41, 5.74) is 6.69. The Kier molecular flexibility index (Phi) is 6.85. The maximum atomic E-state index is 2.54. The largest absolute Gasteiger partial charge is 0.0622 e. The van der Waals surface area contributed by atoms with Crippen molar-refractivity contribution in [3.8, 4) is 0 Å². The first-order valence-corrected chi connectivity index (χ1v) is 20.1. The van der Waals surface area contributed by atoms with Crippen molar-refractivity contribution in [2.75, 3.05) is 0 Å². The molecule has 6 aromatic carbocycles. The van der Waals surface area contributed by atoms with Gasteiger partial charge in [0.2, 0.25) is 0 Å². The highest BCUT2D eigenvalue weighted by Gasteiger charge is 2.61. The molecule has 47 heavy (non-hydrogen) atoms. The maximum absolute atomic E-state index is 2.54. The van der Waals surface area contributed by atoms with Gasteiger partial charge in [-0.1, -0.05) is 158 Å². The van der Waals surface area contributed by atoms with E-state index in [1.54, 1.807) is 32.9 Å². The third-order valence-electron chi connectivity index (χ3n) is 11.9. The average molecular weight is 641 g/mol. The summed E-state index contributed by atoms with van der Waals surface area (Å²) >= 11 is 0. The van der Waals surface area contributed by atoms with E-state index in [4.69, 9.17) is 0 Å². The van der Waals surface area contributed by atoms with Crippen LogP contribution in [-0.2, 0) is 0 Å². The zero-order chi connectivity index (χ0) is 30.9. The van der Waals surface area contributed by atoms with Crippen molar-refractivity contribution in [2.45, 2.75) is 31.1 Å². The molecule has 0 N–H and O–H groups in total. The minimum absolute atomic E-state index is 0.451. The van der Waals surface area contributed by atoms with Gasteiger partial charge in [-0.25, -0.2) is 0 Å². The molecule has 6 aromatic rings. The minimum atomic E-state index is -0.694. The predicted octanol–water partition coefficient (Wildman–Crippen LogP) is 8.46. The molecular formula is C45H38P2. The highest BCUT2D eigenvalue weighted by atomic mass is 31.1. The van der Waals surface area contributed by atoms with Crippen molar-refractivity contribution in [2.24, 2.45) is 23.7 Å². The summed E-state index contributed by atoms with van der Waals surface area (Å²) in [6, 6.07) is 60.5. The summed E-state index contributed by atoms with van der Waals surface area (Å²) in [6.07, 6.45) is 4.29. The highest BCUT2D eigenvalue weighted by molar-refractivity contribution is 7.80. The summed E-state index contributed by atoms with van der Waals surface area (Å²) in [5.74, 6) is 4.20. The van der Waals surface area contributed by atoms with Crippen LogP contribution in [0.1, 0.15) is 53.4 Å². The van der Waals surface area contributed by atoms with Gasteiger partial charge >= 0.3 is 0 Å². The zero-order valence-electron chi connectivity index (χ0n) is 26.5. The summed E-state index contributed by atoms with van der Waals surface area (Å²) in [4.78, 5) is 0. The fraction of sp³-hybridized carbons (Fsp3) is 0.200. The second-order valence-corrected chi connectivity index (χ2v) is 18.4. The smallest absolute Gasteiger partial charge is 0.0142 e. The minimum Gasteiger partial charge on any atom is -0.0622 e. The van der Waals surface area contributed by atoms with Crippen molar-refractivity contribution in [3.63, 3.8) is 0 Å². The summed E-state index contributed by atoms with van der Waals surface area (Å²) in [6.45, 7) is 0. The van der Waals surface area contributed by atoms with Crippen molar-refractivity contribution in [1.29, 1.82) is 0 Å². The molecule has 0 aromatic heterocycles. The van der Waals surface area contributed by atoms with Gasteiger partial charge in [0.15, 0.2) is 0 Å². The van der Waals surface area contributed by atoms with Gasteiger partial charge in [-0.3, -0.25) is 0 Å². The Hall–Kier alpha value is -3.82. The van der Waals surface area contributed by atoms with E-state index in [-0.39, 0.29) is 0 Å². The Labute approximate surface area is 281 Å². The lowest BCUT2D eigenvalue weighted by atomic mass is 9.51. The molecule has 11 rings (SSSR count). The first kappa shape index (κ1) is 28.2. The lowest BCUT2D eigenvalue weighted by molar-refractivity contribution is 0.151. The molecule has 2 saturated carbocycles. The van der Waals surface area contributed by atoms with E-state index >= 15 is 0 Å². The molecule has 0 aliphatic heterocycles. The van der Waals surface area contributed by atoms with Crippen LogP contribution in [0.5, 0.6) is 0 Å². The molecule has 0 spiro atoms. The molecule has 0 radical (unpaired) electrons. The number of benzene rings is 6. The molecule has 2 heteroatoms. The van der Waals surface area contributed by atoms with Crippen LogP contribution in [-0.4, -0.2) is 0 Å². The van der Waals surface area contributed by atoms with E-state index in [9.17, 15) is 0 Å². The topological polar surface area (TPSA) is 0 Å². The molecule has 4 unspecified atom stereocenters. The zero-order valence-corrected chi connectivity index (χ0v) is 28.3. The lowest BCUT2D eigenvalue weighted by Crippen LogP contribution is -2.47. The number of fused-ring (bicyclic) bond motifs is 2. The lowest BCUT2D eigenvalue weighted by Gasteiger charge is -2.54. The van der Waals surface area contributed by atoms with Gasteiger partial charge in [0.25, 0.3) is 0 Å². The van der Waals surface area contributed by atoms with Gasteiger partial charge < -0.3 is 0 Å². The average Bonchev–Trinajstić information content (AvgIpc) is 3.78. The Bertz CT molecular complexity index is 1840. The van der Waals surface area contributed by atoms with Crippen LogP contribution in [0.2, 0.25) is 0 Å². The third-order valence-corrected chi connectivity index (χ3v) is 16.9. The quantitative estimate of drug-likeness (QED) is 0.160. The van der Waals surface area contributed by atoms with Crippen LogP contribution in [0, 0.1) is 23.7 Å². The second-order valence-electron chi connectivity index (χ2n) is 14.0. The normalized spacial score (nSPS) is 24.7. The Morgan fingerprint density at radius 3 is 1.11 bits per heavy atom. The Balaban J connectivity index is 1.25. The predicted molar refractivity (Wildman–Crippen MR) is 202 cm³/mol. The van der Waals surface area contributed by atoms with E-state index in [2.05, 4.69) is 158 Å². The Morgan fingerprint density at radius 2 is 0.723 bits per heavy atom. The van der Waals surface area contributed by atoms with E-state index < -0.39 is 15.8 Å². The third kappa shape index (κ3) is 4.35. The van der Waals surface area contributed by atoms with Crippen molar-refractivity contribution >= 4 is 47.7 Å². The van der Waals surface area contributed by atoms with E-state index in [0.717, 1.165) is 23.7 Å². The van der Waals surface area contributed by atoms with Gasteiger partial charge in [-0.15, -0.1) is 0 Å². The molecule has 2 fully saturated rings. The van der Waals surface area contributed by atoms with Crippen LogP contribution in [0.15, 0.2) is 158 Å². The van der Waals surface area contributed by atoms with Gasteiger partial charge in [0.1, 0.15) is 0 Å². The van der Waals surface area contributed by atoms with E-state index in [1.807, 2.05) is 0 Å². The first-order chi connectivity index (χ1) is 23.4. The summed E-state index contributed by atoms with van der Waals surface area (Å²) in [5, 5.41) is 9.01. The summed E-state index contributed by atoms with van der Waals surface area (Å²) < 4.78 is 0. The number of rotatable bonds is 6. The van der Waals surface area contributed by atoms with Crippen LogP contribution in [0.3, 0.4) is 0 Å². The van der Waals surface area contributed by atoms with Gasteiger partial charge in [0.05, 0.1) is 0 Å². The SMILES string of the molecule is c1ccc(P(c2ccccc2)c2cccc3c2C2c4c(cccc4P(c4ccccc4)c4ccccc4)C3C3C4CCC(C4)C23)cc1. The molecule has 5 aliphatic carbocycles. The van der Waals surface area contributed by atoms with E-state index in [1.165, 1.54) is 40.5 Å². The molecule has 228 valence electrons. The number of hydrogen-bond acceptors (Lipinski definition) is 0. The van der Waals surface area contributed by atoms with E-state index in [0.29, 0.717) is 11.8 Å². The van der Waals surface area contributed by atoms with Crippen molar-refractivity contribution in [1.82, 2.24) is 0 Å². The van der Waals surface area contributed by atoms with Gasteiger partial charge in [-0.05, 0) is 113 Å². The molecule has 0 heterocycles. The molecular weight excluding hydrogens is 602 g/mol. The Morgan fingerprint density at radius 1 is 0.362 bits per heavy atom. The molecule has 0 saturated heterocycles. The molecule has 4 bridgehead atoms. The first-order valence-electron chi connectivity index (χ1n) is 17.4. The van der Waals surface area contributed by atoms with Crippen LogP contribution < -0.4 is 31.8 Å². The maximum Gasteiger partial charge on any atom is 0.0142 e. The molecule has 0 amide bonds. The fourth-order valence-electron chi connectivity index (χ4n) is 10.4. The highest BCUT2D eigenvalue weighted by Crippen LogP contribution is 2.70. The standard InChI is InChI=1S/C45H38P2/c1-5-15-32(16-6-1)46(33-17-7-2-8-18-33)38-25-13-23-36-42-37-24-14-26-39(47(34-19-9-3-10-20-34)35-21-11-4-12-22-35)44(37)45(43(36)38)41-31-28-27-30(29-31)40(41)42/h1-26,30-31,40-42,45H,27-29H2. The number of hydrogen-bond donors (Lipinski definition) is 0. The summed E-state index contributed by atoms with van der Waals surface area (Å²) in [7, 11) is -1.39. The van der Waals surface area contributed by atoms with Crippen molar-refractivity contribution < 1.29 is 0 Å². The monoisotopic (exact) mass is 640 g/mol. The van der Waals surface area contributed by atoms with Gasteiger partial charge in [-0.2, -0.15) is 0 Å². The molecule has 5 aliphatic rings. The van der Waals surface area contributed by atoms with Crippen LogP contribution >= 0.6 is 15.8 Å². The fourth-order valence-corrected chi connectivity index (χ4v) is 15.5. The molecule has 4 atom stereocenters. The van der Waals surface area contributed by atoms with Crippen molar-refractivity contribution in [3.05, 3.63) is 180 Å². The van der Waals surface area contributed by atoms with Crippen LogP contribution in [0.4, 0.5) is 0 Å². The van der Waals surface area contributed by atoms with Gasteiger partial charge in [0, 0.05) is 11.8 Å².